The Kier molecular flexibility index (Phi) is 5.94. The second-order valence-electron chi connectivity index (χ2n) is 5.38. The molecule has 2 rings (SSSR count). The number of rotatable bonds is 4. The van der Waals surface area contributed by atoms with Crippen molar-refractivity contribution in [1.82, 2.24) is 0 Å². The molecule has 20 heavy (non-hydrogen) atoms. The van der Waals surface area contributed by atoms with Crippen molar-refractivity contribution in [2.75, 3.05) is 0 Å². The molecule has 2 aromatic carbocycles. The number of halogens is 3. The van der Waals surface area contributed by atoms with E-state index in [1.54, 1.807) is 0 Å². The first-order valence-electron chi connectivity index (χ1n) is 6.65. The summed E-state index contributed by atoms with van der Waals surface area (Å²) in [7, 11) is 0. The maximum absolute atomic E-state index is 6.20. The van der Waals surface area contributed by atoms with Crippen molar-refractivity contribution in [3.05, 3.63) is 67.7 Å². The summed E-state index contributed by atoms with van der Waals surface area (Å²) in [6, 6.07) is 15.0. The van der Waals surface area contributed by atoms with E-state index in [2.05, 4.69) is 88.8 Å². The van der Waals surface area contributed by atoms with Gasteiger partial charge in [-0.05, 0) is 63.8 Å². The number of alkyl halides is 1. The maximum atomic E-state index is 6.20. The summed E-state index contributed by atoms with van der Waals surface area (Å²) < 4.78 is 1.08. The van der Waals surface area contributed by atoms with E-state index in [0.29, 0.717) is 5.92 Å². The van der Waals surface area contributed by atoms with Crippen LogP contribution in [0, 0.1) is 9.49 Å². The molecule has 0 saturated carbocycles. The van der Waals surface area contributed by atoms with E-state index in [0.717, 1.165) is 15.0 Å². The Morgan fingerprint density at radius 2 is 1.65 bits per heavy atom. The molecule has 0 N–H and O–H groups in total. The van der Waals surface area contributed by atoms with Crippen LogP contribution in [-0.2, 0) is 6.42 Å². The van der Waals surface area contributed by atoms with Crippen LogP contribution < -0.4 is 0 Å². The topological polar surface area (TPSA) is 0 Å². The van der Waals surface area contributed by atoms with Crippen molar-refractivity contribution in [3.63, 3.8) is 0 Å². The van der Waals surface area contributed by atoms with Crippen LogP contribution >= 0.6 is 50.1 Å². The second-order valence-corrected chi connectivity index (χ2v) is 7.86. The van der Waals surface area contributed by atoms with Crippen LogP contribution in [0.1, 0.15) is 35.4 Å². The molecule has 0 aliphatic rings. The molecule has 0 amide bonds. The van der Waals surface area contributed by atoms with Crippen LogP contribution in [0.4, 0.5) is 0 Å². The quantitative estimate of drug-likeness (QED) is 0.353. The third-order valence-corrected chi connectivity index (χ3v) is 5.78. The molecule has 0 aromatic heterocycles. The summed E-state index contributed by atoms with van der Waals surface area (Å²) in [5.74, 6) is 0.690. The van der Waals surface area contributed by atoms with Gasteiger partial charge in [0.1, 0.15) is 0 Å². The van der Waals surface area contributed by atoms with Gasteiger partial charge in [0.05, 0.1) is 9.85 Å². The van der Waals surface area contributed by atoms with Gasteiger partial charge in [-0.25, -0.2) is 0 Å². The minimum absolute atomic E-state index is 0.185. The van der Waals surface area contributed by atoms with Crippen molar-refractivity contribution in [3.8, 4) is 0 Å². The van der Waals surface area contributed by atoms with E-state index in [-0.39, 0.29) is 4.83 Å². The summed E-state index contributed by atoms with van der Waals surface area (Å²) >= 11 is 12.2. The molecule has 0 spiro atoms. The summed E-state index contributed by atoms with van der Waals surface area (Å²) in [6.07, 6.45) is 1.13. The molecule has 0 heterocycles. The zero-order valence-corrected chi connectivity index (χ0v) is 16.0. The van der Waals surface area contributed by atoms with Crippen molar-refractivity contribution < 1.29 is 0 Å². The fourth-order valence-electron chi connectivity index (χ4n) is 2.16. The Bertz CT molecular complexity index is 578. The van der Waals surface area contributed by atoms with Crippen LogP contribution in [0.3, 0.4) is 0 Å². The first kappa shape index (κ1) is 16.3. The molecule has 2 aromatic rings. The predicted octanol–water partition coefficient (Wildman–Crippen LogP) is 6.63. The largest absolute Gasteiger partial charge is 0.0832 e. The van der Waals surface area contributed by atoms with Crippen LogP contribution in [0.15, 0.2) is 42.5 Å². The summed E-state index contributed by atoms with van der Waals surface area (Å²) in [5.41, 5.74) is 3.84. The SMILES string of the molecule is CC(C)Cc1ccc(C(Br)c2ccc(I)c(Cl)c2)cc1. The van der Waals surface area contributed by atoms with E-state index in [1.165, 1.54) is 16.7 Å². The van der Waals surface area contributed by atoms with Crippen LogP contribution in [0.25, 0.3) is 0 Å². The van der Waals surface area contributed by atoms with Gasteiger partial charge in [-0.15, -0.1) is 0 Å². The van der Waals surface area contributed by atoms with Gasteiger partial charge >= 0.3 is 0 Å². The average Bonchev–Trinajstić information content (AvgIpc) is 2.41. The van der Waals surface area contributed by atoms with E-state index in [9.17, 15) is 0 Å². The lowest BCUT2D eigenvalue weighted by atomic mass is 9.99. The van der Waals surface area contributed by atoms with Gasteiger partial charge in [0.25, 0.3) is 0 Å². The first-order valence-corrected chi connectivity index (χ1v) is 9.02. The van der Waals surface area contributed by atoms with Crippen molar-refractivity contribution in [2.45, 2.75) is 25.1 Å². The molecule has 106 valence electrons. The lowest BCUT2D eigenvalue weighted by Crippen LogP contribution is -1.96. The lowest BCUT2D eigenvalue weighted by molar-refractivity contribution is 0.647. The molecule has 0 aliphatic carbocycles. The van der Waals surface area contributed by atoms with Gasteiger partial charge in [-0.3, -0.25) is 0 Å². The Morgan fingerprint density at radius 3 is 2.20 bits per heavy atom. The highest BCUT2D eigenvalue weighted by atomic mass is 127. The van der Waals surface area contributed by atoms with Gasteiger partial charge in [0, 0.05) is 3.57 Å². The van der Waals surface area contributed by atoms with Crippen LogP contribution in [0.5, 0.6) is 0 Å². The highest BCUT2D eigenvalue weighted by molar-refractivity contribution is 14.1. The van der Waals surface area contributed by atoms with Gasteiger partial charge in [0.2, 0.25) is 0 Å². The normalized spacial score (nSPS) is 12.7. The monoisotopic (exact) mass is 462 g/mol. The Hall–Kier alpha value is -0.0600. The summed E-state index contributed by atoms with van der Waals surface area (Å²) in [5, 5.41) is 0.809. The van der Waals surface area contributed by atoms with Crippen molar-refractivity contribution in [1.29, 1.82) is 0 Å². The van der Waals surface area contributed by atoms with Gasteiger partial charge in [-0.1, -0.05) is 71.7 Å². The molecule has 0 aliphatic heterocycles. The maximum Gasteiger partial charge on any atom is 0.0645 e. The zero-order chi connectivity index (χ0) is 14.7. The minimum atomic E-state index is 0.185. The Morgan fingerprint density at radius 1 is 1.05 bits per heavy atom. The molecule has 0 fully saturated rings. The standard InChI is InChI=1S/C17H17BrClI/c1-11(2)9-12-3-5-13(6-4-12)17(18)14-7-8-16(20)15(19)10-14/h3-8,10-11,17H,9H2,1-2H3. The van der Waals surface area contributed by atoms with Crippen molar-refractivity contribution >= 4 is 50.1 Å². The van der Waals surface area contributed by atoms with Gasteiger partial charge in [0.15, 0.2) is 0 Å². The van der Waals surface area contributed by atoms with E-state index < -0.39 is 0 Å². The van der Waals surface area contributed by atoms with Gasteiger partial charge < -0.3 is 0 Å². The van der Waals surface area contributed by atoms with Crippen LogP contribution in [0.2, 0.25) is 5.02 Å². The summed E-state index contributed by atoms with van der Waals surface area (Å²) in [6.45, 7) is 4.49. The zero-order valence-electron chi connectivity index (χ0n) is 11.5. The molecular formula is C17H17BrClI. The fourth-order valence-corrected chi connectivity index (χ4v) is 3.27. The Balaban J connectivity index is 2.20. The van der Waals surface area contributed by atoms with Crippen molar-refractivity contribution in [2.24, 2.45) is 5.92 Å². The molecule has 3 heteroatoms. The van der Waals surface area contributed by atoms with E-state index in [1.807, 2.05) is 6.07 Å². The van der Waals surface area contributed by atoms with Crippen LogP contribution in [-0.4, -0.2) is 0 Å². The van der Waals surface area contributed by atoms with Gasteiger partial charge in [-0.2, -0.15) is 0 Å². The fraction of sp³-hybridized carbons (Fsp3) is 0.294. The highest BCUT2D eigenvalue weighted by Crippen LogP contribution is 2.33. The third kappa shape index (κ3) is 4.22. The van der Waals surface area contributed by atoms with E-state index in [4.69, 9.17) is 11.6 Å². The van der Waals surface area contributed by atoms with E-state index >= 15 is 0 Å². The molecule has 0 saturated heterocycles. The molecule has 1 atom stereocenters. The highest BCUT2D eigenvalue weighted by Gasteiger charge is 2.12. The molecular weight excluding hydrogens is 446 g/mol. The molecule has 0 bridgehead atoms. The molecule has 0 nitrogen and oxygen atoms in total. The second kappa shape index (κ2) is 7.28. The Labute approximate surface area is 148 Å². The molecule has 0 radical (unpaired) electrons. The lowest BCUT2D eigenvalue weighted by Gasteiger charge is -2.13. The number of hydrogen-bond acceptors (Lipinski definition) is 0. The molecule has 1 unspecified atom stereocenters. The third-order valence-electron chi connectivity index (χ3n) is 3.15. The average molecular weight is 464 g/mol. The number of benzene rings is 2. The summed E-state index contributed by atoms with van der Waals surface area (Å²) in [4.78, 5) is 0.185. The number of hydrogen-bond donors (Lipinski definition) is 0. The smallest absolute Gasteiger partial charge is 0.0645 e. The minimum Gasteiger partial charge on any atom is -0.0832 e. The predicted molar refractivity (Wildman–Crippen MR) is 99.9 cm³/mol. The first-order chi connectivity index (χ1) is 9.47.